The molecule has 0 aromatic carbocycles. The number of terminal acetylenes is 1. The van der Waals surface area contributed by atoms with Gasteiger partial charge in [-0.05, 0) is 27.4 Å². The van der Waals surface area contributed by atoms with Crippen molar-refractivity contribution in [3.8, 4) is 12.3 Å². The molecule has 74 valence electrons. The third-order valence-corrected chi connectivity index (χ3v) is 2.52. The van der Waals surface area contributed by atoms with Gasteiger partial charge in [-0.3, -0.25) is 0 Å². The number of rotatable bonds is 1. The van der Waals surface area contributed by atoms with Crippen molar-refractivity contribution in [1.82, 2.24) is 4.90 Å². The van der Waals surface area contributed by atoms with Crippen LogP contribution in [0.1, 0.15) is 13.3 Å². The Kier molecular flexibility index (Phi) is 3.32. The lowest BCUT2D eigenvalue weighted by Gasteiger charge is -2.39. The Hall–Kier alpha value is -0.560. The summed E-state index contributed by atoms with van der Waals surface area (Å²) in [5, 5.41) is 9.57. The number of hydrogen-bond donors (Lipinski definition) is 1. The van der Waals surface area contributed by atoms with Crippen molar-refractivity contribution in [2.24, 2.45) is 5.92 Å². The van der Waals surface area contributed by atoms with Crippen molar-refractivity contribution in [3.05, 3.63) is 0 Å². The van der Waals surface area contributed by atoms with Crippen LogP contribution in [0.15, 0.2) is 0 Å². The van der Waals surface area contributed by atoms with Crippen LogP contribution in [-0.2, 0) is 4.74 Å². The van der Waals surface area contributed by atoms with Crippen LogP contribution >= 0.6 is 0 Å². The molecule has 3 heteroatoms. The van der Waals surface area contributed by atoms with Gasteiger partial charge in [0.05, 0.1) is 12.0 Å². The molecule has 0 aromatic rings. The topological polar surface area (TPSA) is 32.7 Å². The predicted molar refractivity (Wildman–Crippen MR) is 51.0 cm³/mol. The van der Waals surface area contributed by atoms with Gasteiger partial charge in [-0.15, -0.1) is 6.42 Å². The van der Waals surface area contributed by atoms with E-state index in [0.717, 1.165) is 6.42 Å². The third kappa shape index (κ3) is 2.22. The molecule has 13 heavy (non-hydrogen) atoms. The maximum atomic E-state index is 9.57. The zero-order chi connectivity index (χ0) is 10.0. The highest BCUT2D eigenvalue weighted by molar-refractivity contribution is 5.03. The van der Waals surface area contributed by atoms with Gasteiger partial charge in [0.2, 0.25) is 0 Å². The van der Waals surface area contributed by atoms with E-state index in [1.54, 1.807) is 0 Å². The Balaban J connectivity index is 2.73. The molecule has 0 saturated carbocycles. The molecular formula is C10H17NO2. The highest BCUT2D eigenvalue weighted by atomic mass is 16.6. The smallest absolute Gasteiger partial charge is 0.170 e. The first-order valence-corrected chi connectivity index (χ1v) is 4.52. The van der Waals surface area contributed by atoms with E-state index in [2.05, 4.69) is 5.92 Å². The number of aliphatic hydroxyl groups excluding tert-OH is 1. The highest BCUT2D eigenvalue weighted by Gasteiger charge is 2.36. The predicted octanol–water partition coefficient (Wildman–Crippen LogP) is 0.293. The van der Waals surface area contributed by atoms with Crippen LogP contribution in [0.3, 0.4) is 0 Å². The molecule has 0 spiro atoms. The first-order chi connectivity index (χ1) is 6.06. The van der Waals surface area contributed by atoms with Crippen LogP contribution in [0.25, 0.3) is 0 Å². The summed E-state index contributed by atoms with van der Waals surface area (Å²) in [6, 6.07) is 0.212. The lowest BCUT2D eigenvalue weighted by molar-refractivity contribution is -0.193. The van der Waals surface area contributed by atoms with Gasteiger partial charge < -0.3 is 14.7 Å². The Morgan fingerprint density at radius 2 is 2.15 bits per heavy atom. The van der Waals surface area contributed by atoms with Crippen LogP contribution in [0.2, 0.25) is 0 Å². The van der Waals surface area contributed by atoms with Gasteiger partial charge in [-0.1, -0.05) is 5.92 Å². The van der Waals surface area contributed by atoms with Gasteiger partial charge in [0.15, 0.2) is 6.29 Å². The fourth-order valence-electron chi connectivity index (χ4n) is 1.78. The van der Waals surface area contributed by atoms with Crippen molar-refractivity contribution in [2.45, 2.75) is 31.8 Å². The minimum atomic E-state index is -0.818. The molecule has 3 nitrogen and oxygen atoms in total. The summed E-state index contributed by atoms with van der Waals surface area (Å²) in [7, 11) is 3.94. The molecule has 1 saturated heterocycles. The van der Waals surface area contributed by atoms with E-state index < -0.39 is 6.29 Å². The molecule has 1 heterocycles. The van der Waals surface area contributed by atoms with Crippen LogP contribution in [0, 0.1) is 18.3 Å². The van der Waals surface area contributed by atoms with Gasteiger partial charge >= 0.3 is 0 Å². The Morgan fingerprint density at radius 3 is 2.62 bits per heavy atom. The summed E-state index contributed by atoms with van der Waals surface area (Å²) in [5.41, 5.74) is 0. The summed E-state index contributed by atoms with van der Waals surface area (Å²) in [6.07, 6.45) is 5.48. The minimum absolute atomic E-state index is 0.0759. The average molecular weight is 183 g/mol. The van der Waals surface area contributed by atoms with E-state index in [1.165, 1.54) is 0 Å². The normalized spacial score (nSPS) is 40.3. The van der Waals surface area contributed by atoms with Gasteiger partial charge in [-0.25, -0.2) is 0 Å². The fraction of sp³-hybridized carbons (Fsp3) is 0.800. The molecule has 0 radical (unpaired) electrons. The number of nitrogens with zero attached hydrogens (tertiary/aromatic N) is 1. The second-order valence-corrected chi connectivity index (χ2v) is 3.80. The third-order valence-electron chi connectivity index (χ3n) is 2.52. The maximum absolute atomic E-state index is 9.57. The van der Waals surface area contributed by atoms with Gasteiger partial charge in [-0.2, -0.15) is 0 Å². The summed E-state index contributed by atoms with van der Waals surface area (Å²) in [5.74, 6) is 2.37. The van der Waals surface area contributed by atoms with E-state index in [-0.39, 0.29) is 18.1 Å². The molecule has 0 aliphatic carbocycles. The van der Waals surface area contributed by atoms with Gasteiger partial charge in [0.1, 0.15) is 0 Å². The molecule has 0 bridgehead atoms. The zero-order valence-corrected chi connectivity index (χ0v) is 8.40. The van der Waals surface area contributed by atoms with Crippen LogP contribution in [0.5, 0.6) is 0 Å². The summed E-state index contributed by atoms with van der Waals surface area (Å²) in [6.45, 7) is 1.95. The second-order valence-electron chi connectivity index (χ2n) is 3.80. The standard InChI is InChI=1S/C10H17NO2/c1-5-8-9(11(3)4)6-7(2)13-10(8)12/h1,7-10,12H,6H2,2-4H3/t7?,8?,9?,10-/m1/s1. The summed E-state index contributed by atoms with van der Waals surface area (Å²) in [4.78, 5) is 2.05. The number of aliphatic hydroxyl groups is 1. The first kappa shape index (κ1) is 10.5. The van der Waals surface area contributed by atoms with Crippen LogP contribution in [-0.4, -0.2) is 42.5 Å². The SMILES string of the molecule is C#CC1C(N(C)C)CC(C)O[C@H]1O. The minimum Gasteiger partial charge on any atom is -0.367 e. The van der Waals surface area contributed by atoms with E-state index in [4.69, 9.17) is 11.2 Å². The molecular weight excluding hydrogens is 166 g/mol. The maximum Gasteiger partial charge on any atom is 0.170 e. The van der Waals surface area contributed by atoms with Crippen LogP contribution < -0.4 is 0 Å². The Labute approximate surface area is 79.7 Å². The van der Waals surface area contributed by atoms with Crippen molar-refractivity contribution in [3.63, 3.8) is 0 Å². The average Bonchev–Trinajstić information content (AvgIpc) is 2.02. The molecule has 1 N–H and O–H groups in total. The quantitative estimate of drug-likeness (QED) is 0.593. The number of ether oxygens (including phenoxy) is 1. The van der Waals surface area contributed by atoms with Gasteiger partial charge in [0.25, 0.3) is 0 Å². The zero-order valence-electron chi connectivity index (χ0n) is 8.40. The lowest BCUT2D eigenvalue weighted by atomic mass is 9.91. The van der Waals surface area contributed by atoms with Crippen molar-refractivity contribution in [1.29, 1.82) is 0 Å². The monoisotopic (exact) mass is 183 g/mol. The largest absolute Gasteiger partial charge is 0.367 e. The van der Waals surface area contributed by atoms with Crippen molar-refractivity contribution < 1.29 is 9.84 Å². The Bertz CT molecular complexity index is 209. The molecule has 1 rings (SSSR count). The van der Waals surface area contributed by atoms with E-state index in [0.29, 0.717) is 0 Å². The van der Waals surface area contributed by atoms with E-state index in [9.17, 15) is 5.11 Å². The summed E-state index contributed by atoms with van der Waals surface area (Å²) < 4.78 is 5.26. The Morgan fingerprint density at radius 1 is 1.54 bits per heavy atom. The second kappa shape index (κ2) is 4.10. The van der Waals surface area contributed by atoms with Crippen LogP contribution in [0.4, 0.5) is 0 Å². The first-order valence-electron chi connectivity index (χ1n) is 4.52. The number of hydrogen-bond acceptors (Lipinski definition) is 3. The molecule has 0 amide bonds. The highest BCUT2D eigenvalue weighted by Crippen LogP contribution is 2.26. The van der Waals surface area contributed by atoms with Crippen molar-refractivity contribution >= 4 is 0 Å². The van der Waals surface area contributed by atoms with Crippen molar-refractivity contribution in [2.75, 3.05) is 14.1 Å². The lowest BCUT2D eigenvalue weighted by Crippen LogP contribution is -2.48. The molecule has 1 aliphatic rings. The van der Waals surface area contributed by atoms with Gasteiger partial charge in [0, 0.05) is 6.04 Å². The molecule has 1 fully saturated rings. The molecule has 0 aromatic heterocycles. The molecule has 1 aliphatic heterocycles. The van der Waals surface area contributed by atoms with E-state index in [1.807, 2.05) is 25.9 Å². The van der Waals surface area contributed by atoms with E-state index >= 15 is 0 Å². The summed E-state index contributed by atoms with van der Waals surface area (Å²) >= 11 is 0. The molecule has 4 atom stereocenters. The molecule has 3 unspecified atom stereocenters. The fourth-order valence-corrected chi connectivity index (χ4v) is 1.78.